The van der Waals surface area contributed by atoms with E-state index in [1.807, 2.05) is 54.2 Å². The van der Waals surface area contributed by atoms with E-state index in [-0.39, 0.29) is 5.91 Å². The van der Waals surface area contributed by atoms with Gasteiger partial charge in [0.2, 0.25) is 0 Å². The highest BCUT2D eigenvalue weighted by Gasteiger charge is 2.27. The summed E-state index contributed by atoms with van der Waals surface area (Å²) < 4.78 is 0. The number of amides is 1. The van der Waals surface area contributed by atoms with Crippen molar-refractivity contribution in [1.82, 2.24) is 5.32 Å². The third kappa shape index (κ3) is 5.36. The van der Waals surface area contributed by atoms with E-state index in [9.17, 15) is 14.7 Å². The van der Waals surface area contributed by atoms with Crippen LogP contribution in [0.5, 0.6) is 0 Å². The fraction of sp³-hybridized carbons (Fsp3) is 0.300. The molecule has 2 aromatic rings. The van der Waals surface area contributed by atoms with E-state index >= 15 is 0 Å². The summed E-state index contributed by atoms with van der Waals surface area (Å²) in [7, 11) is 0. The molecular weight excluding hydrogens is 334 g/mol. The predicted octanol–water partition coefficient (Wildman–Crippen LogP) is 4.13. The van der Waals surface area contributed by atoms with Crippen LogP contribution in [0.4, 0.5) is 0 Å². The summed E-state index contributed by atoms with van der Waals surface area (Å²) in [5, 5.41) is 12.2. The van der Waals surface area contributed by atoms with Crippen LogP contribution in [-0.4, -0.2) is 22.7 Å². The van der Waals surface area contributed by atoms with Gasteiger partial charge in [0.15, 0.2) is 0 Å². The molecule has 4 nitrogen and oxygen atoms in total. The maximum absolute atomic E-state index is 12.6. The largest absolute Gasteiger partial charge is 0.481 e. The van der Waals surface area contributed by atoms with Gasteiger partial charge < -0.3 is 10.4 Å². The minimum absolute atomic E-state index is 0.267. The topological polar surface area (TPSA) is 66.4 Å². The van der Waals surface area contributed by atoms with Crippen molar-refractivity contribution in [3.8, 4) is 0 Å². The van der Waals surface area contributed by atoms with Gasteiger partial charge in [0.25, 0.3) is 5.91 Å². The number of thioether (sulfide) groups is 1. The van der Waals surface area contributed by atoms with Gasteiger partial charge in [-0.2, -0.15) is 11.8 Å². The van der Waals surface area contributed by atoms with Crippen molar-refractivity contribution < 1.29 is 14.7 Å². The second-order valence-corrected chi connectivity index (χ2v) is 7.10. The lowest BCUT2D eigenvalue weighted by atomic mass is 9.94. The van der Waals surface area contributed by atoms with Gasteiger partial charge in [-0.1, -0.05) is 49.4 Å². The number of nitrogens with one attached hydrogen (secondary N) is 1. The predicted molar refractivity (Wildman–Crippen MR) is 102 cm³/mol. The Balaban J connectivity index is 2.15. The van der Waals surface area contributed by atoms with E-state index in [0.717, 1.165) is 17.1 Å². The Hall–Kier alpha value is -2.27. The normalized spacial score (nSPS) is 13.0. The summed E-state index contributed by atoms with van der Waals surface area (Å²) in [6, 6.07) is 16.1. The smallest absolute Gasteiger partial charge is 0.308 e. The zero-order valence-electron chi connectivity index (χ0n) is 14.4. The van der Waals surface area contributed by atoms with Gasteiger partial charge in [-0.25, -0.2) is 0 Å². The van der Waals surface area contributed by atoms with E-state index in [1.165, 1.54) is 5.56 Å². The third-order valence-corrected chi connectivity index (χ3v) is 4.97. The van der Waals surface area contributed by atoms with E-state index in [2.05, 4.69) is 12.2 Å². The summed E-state index contributed by atoms with van der Waals surface area (Å²) in [5.74, 6) is 0.0270. The molecule has 0 fully saturated rings. The summed E-state index contributed by atoms with van der Waals surface area (Å²) in [6.07, 6.45) is 0. The first-order chi connectivity index (χ1) is 12.0. The Morgan fingerprint density at radius 1 is 1.08 bits per heavy atom. The molecule has 25 heavy (non-hydrogen) atoms. The lowest BCUT2D eigenvalue weighted by Gasteiger charge is -2.23. The Morgan fingerprint density at radius 2 is 1.72 bits per heavy atom. The van der Waals surface area contributed by atoms with Crippen molar-refractivity contribution in [2.45, 2.75) is 25.6 Å². The fourth-order valence-corrected chi connectivity index (χ4v) is 3.13. The Morgan fingerprint density at radius 3 is 2.28 bits per heavy atom. The van der Waals surface area contributed by atoms with E-state index in [0.29, 0.717) is 5.56 Å². The van der Waals surface area contributed by atoms with Gasteiger partial charge in [0.05, 0.1) is 12.0 Å². The van der Waals surface area contributed by atoms with Crippen LogP contribution in [0.15, 0.2) is 54.6 Å². The monoisotopic (exact) mass is 357 g/mol. The minimum atomic E-state index is -0.943. The van der Waals surface area contributed by atoms with Crippen LogP contribution in [0.1, 0.15) is 41.4 Å². The van der Waals surface area contributed by atoms with E-state index < -0.39 is 17.9 Å². The molecule has 5 heteroatoms. The molecule has 2 N–H and O–H groups in total. The maximum Gasteiger partial charge on any atom is 0.308 e. The number of carboxylic acids is 1. The van der Waals surface area contributed by atoms with Crippen LogP contribution >= 0.6 is 11.8 Å². The Bertz CT molecular complexity index is 701. The van der Waals surface area contributed by atoms with E-state index in [4.69, 9.17) is 0 Å². The average molecular weight is 357 g/mol. The molecule has 1 amide bonds. The molecule has 2 atom stereocenters. The molecule has 0 aliphatic carbocycles. The molecule has 2 aromatic carbocycles. The lowest BCUT2D eigenvalue weighted by Crippen LogP contribution is -2.35. The summed E-state index contributed by atoms with van der Waals surface area (Å²) in [5.41, 5.74) is 2.48. The summed E-state index contributed by atoms with van der Waals surface area (Å²) >= 11 is 1.82. The number of aliphatic carboxylic acids is 1. The molecule has 2 rings (SSSR count). The molecule has 0 spiro atoms. The molecule has 0 saturated carbocycles. The van der Waals surface area contributed by atoms with Crippen molar-refractivity contribution >= 4 is 23.6 Å². The van der Waals surface area contributed by atoms with Crippen LogP contribution in [0.3, 0.4) is 0 Å². The van der Waals surface area contributed by atoms with Crippen LogP contribution in [-0.2, 0) is 10.5 Å². The van der Waals surface area contributed by atoms with Gasteiger partial charge in [-0.3, -0.25) is 9.59 Å². The van der Waals surface area contributed by atoms with Crippen molar-refractivity contribution in [3.05, 3.63) is 71.3 Å². The maximum atomic E-state index is 12.6. The number of carbonyl (C=O) groups is 2. The molecule has 0 aromatic heterocycles. The van der Waals surface area contributed by atoms with Gasteiger partial charge in [0.1, 0.15) is 0 Å². The SMILES string of the molecule is CCSCc1ccc(C(=O)NC(c2ccccc2)C(C)C(=O)O)cc1. The number of hydrogen-bond acceptors (Lipinski definition) is 3. The van der Waals surface area contributed by atoms with Gasteiger partial charge in [-0.05, 0) is 35.9 Å². The van der Waals surface area contributed by atoms with Gasteiger partial charge in [0, 0.05) is 11.3 Å². The van der Waals surface area contributed by atoms with Gasteiger partial charge in [-0.15, -0.1) is 0 Å². The number of carbonyl (C=O) groups excluding carboxylic acids is 1. The van der Waals surface area contributed by atoms with Gasteiger partial charge >= 0.3 is 5.97 Å². The summed E-state index contributed by atoms with van der Waals surface area (Å²) in [4.78, 5) is 24.0. The molecule has 0 saturated heterocycles. The first kappa shape index (κ1) is 19.1. The highest BCUT2D eigenvalue weighted by Crippen LogP contribution is 2.23. The quantitative estimate of drug-likeness (QED) is 0.745. The zero-order valence-corrected chi connectivity index (χ0v) is 15.3. The Labute approximate surface area is 152 Å². The standard InChI is InChI=1S/C20H23NO3S/c1-3-25-13-15-9-11-17(12-10-15)19(22)21-18(14(2)20(23)24)16-7-5-4-6-8-16/h4-12,14,18H,3,13H2,1-2H3,(H,21,22)(H,23,24). The minimum Gasteiger partial charge on any atom is -0.481 e. The second-order valence-electron chi connectivity index (χ2n) is 5.82. The summed E-state index contributed by atoms with van der Waals surface area (Å²) in [6.45, 7) is 3.71. The van der Waals surface area contributed by atoms with Crippen LogP contribution in [0.2, 0.25) is 0 Å². The van der Waals surface area contributed by atoms with Crippen molar-refractivity contribution in [2.75, 3.05) is 5.75 Å². The van der Waals surface area contributed by atoms with Crippen molar-refractivity contribution in [3.63, 3.8) is 0 Å². The molecule has 2 unspecified atom stereocenters. The number of benzene rings is 2. The van der Waals surface area contributed by atoms with Crippen LogP contribution in [0, 0.1) is 5.92 Å². The zero-order chi connectivity index (χ0) is 18.2. The van der Waals surface area contributed by atoms with Crippen LogP contribution in [0.25, 0.3) is 0 Å². The first-order valence-electron chi connectivity index (χ1n) is 8.28. The number of hydrogen-bond donors (Lipinski definition) is 2. The highest BCUT2D eigenvalue weighted by atomic mass is 32.2. The Kier molecular flexibility index (Phi) is 7.07. The van der Waals surface area contributed by atoms with Crippen molar-refractivity contribution in [1.29, 1.82) is 0 Å². The van der Waals surface area contributed by atoms with E-state index in [1.54, 1.807) is 19.1 Å². The number of carboxylic acid groups (broad SMARTS) is 1. The molecular formula is C20H23NO3S. The highest BCUT2D eigenvalue weighted by molar-refractivity contribution is 7.98. The molecule has 0 bridgehead atoms. The molecule has 0 heterocycles. The van der Waals surface area contributed by atoms with Crippen molar-refractivity contribution in [2.24, 2.45) is 5.92 Å². The van der Waals surface area contributed by atoms with Crippen LogP contribution < -0.4 is 5.32 Å². The molecule has 0 aliphatic rings. The second kappa shape index (κ2) is 9.28. The molecule has 0 radical (unpaired) electrons. The fourth-order valence-electron chi connectivity index (χ4n) is 2.50. The molecule has 0 aliphatic heterocycles. The average Bonchev–Trinajstić information content (AvgIpc) is 2.64. The first-order valence-corrected chi connectivity index (χ1v) is 9.43. The molecule has 132 valence electrons. The number of rotatable bonds is 8. The lowest BCUT2D eigenvalue weighted by molar-refractivity contribution is -0.142. The third-order valence-electron chi connectivity index (χ3n) is 4.02.